The Kier molecular flexibility index (Phi) is 6.05. The van der Waals surface area contributed by atoms with Crippen LogP contribution in [-0.2, 0) is 6.54 Å². The Morgan fingerprint density at radius 2 is 1.73 bits per heavy atom. The highest BCUT2D eigenvalue weighted by atomic mass is 16.7. The van der Waals surface area contributed by atoms with Crippen molar-refractivity contribution in [2.24, 2.45) is 5.73 Å². The second-order valence-corrected chi connectivity index (χ2v) is 8.53. The summed E-state index contributed by atoms with van der Waals surface area (Å²) >= 11 is 0. The number of allylic oxidation sites excluding steroid dienone is 1. The summed E-state index contributed by atoms with van der Waals surface area (Å²) in [6.07, 6.45) is 0. The van der Waals surface area contributed by atoms with E-state index in [9.17, 15) is 10.1 Å². The molecule has 3 heterocycles. The van der Waals surface area contributed by atoms with E-state index in [-0.39, 0.29) is 35.9 Å². The molecule has 10 heteroatoms. The van der Waals surface area contributed by atoms with Crippen molar-refractivity contribution in [3.8, 4) is 40.6 Å². The van der Waals surface area contributed by atoms with Crippen molar-refractivity contribution in [3.63, 3.8) is 0 Å². The first-order valence-electron chi connectivity index (χ1n) is 11.4. The Morgan fingerprint density at radius 1 is 1.03 bits per heavy atom. The Hall–Kier alpha value is -4.78. The zero-order chi connectivity index (χ0) is 26.3. The number of ether oxygens (including phenoxy) is 6. The van der Waals surface area contributed by atoms with Gasteiger partial charge in [-0.2, -0.15) is 5.26 Å². The second-order valence-electron chi connectivity index (χ2n) is 8.53. The molecule has 2 aliphatic heterocycles. The van der Waals surface area contributed by atoms with E-state index in [2.05, 4.69) is 6.07 Å². The molecule has 2 N–H and O–H groups in total. The second kappa shape index (κ2) is 9.35. The van der Waals surface area contributed by atoms with E-state index < -0.39 is 5.92 Å². The molecule has 0 unspecified atom stereocenters. The van der Waals surface area contributed by atoms with Crippen molar-refractivity contribution in [2.45, 2.75) is 19.4 Å². The molecule has 1 atom stereocenters. The van der Waals surface area contributed by atoms with Gasteiger partial charge in [-0.05, 0) is 42.3 Å². The van der Waals surface area contributed by atoms with Crippen LogP contribution in [0.5, 0.6) is 34.5 Å². The highest BCUT2D eigenvalue weighted by Gasteiger charge is 2.35. The van der Waals surface area contributed by atoms with Crippen LogP contribution in [0.15, 0.2) is 52.6 Å². The van der Waals surface area contributed by atoms with Crippen molar-refractivity contribution in [1.29, 1.82) is 5.26 Å². The van der Waals surface area contributed by atoms with Crippen LogP contribution in [-0.4, -0.2) is 32.7 Å². The van der Waals surface area contributed by atoms with Gasteiger partial charge in [0.1, 0.15) is 17.4 Å². The van der Waals surface area contributed by atoms with Gasteiger partial charge in [0.15, 0.2) is 23.0 Å². The lowest BCUT2D eigenvalue weighted by Crippen LogP contribution is -2.33. The minimum Gasteiger partial charge on any atom is -0.493 e. The van der Waals surface area contributed by atoms with E-state index in [0.717, 1.165) is 5.56 Å². The van der Waals surface area contributed by atoms with E-state index in [1.165, 1.54) is 21.3 Å². The molecule has 10 nitrogen and oxygen atoms in total. The molecule has 0 fully saturated rings. The Bertz CT molecular complexity index is 1510. The summed E-state index contributed by atoms with van der Waals surface area (Å²) in [6, 6.07) is 12.8. The van der Waals surface area contributed by atoms with Gasteiger partial charge in [0.2, 0.25) is 18.4 Å². The number of nitriles is 1. The first-order chi connectivity index (χ1) is 17.9. The van der Waals surface area contributed by atoms with Crippen LogP contribution in [0.2, 0.25) is 0 Å². The van der Waals surface area contributed by atoms with E-state index in [4.69, 9.17) is 34.2 Å². The molecule has 1 aromatic heterocycles. The summed E-state index contributed by atoms with van der Waals surface area (Å²) in [5, 5.41) is 10.0. The molecule has 0 bridgehead atoms. The van der Waals surface area contributed by atoms with Crippen LogP contribution in [0.3, 0.4) is 0 Å². The summed E-state index contributed by atoms with van der Waals surface area (Å²) in [5.74, 6) is 1.85. The summed E-state index contributed by atoms with van der Waals surface area (Å²) in [6.45, 7) is 2.25. The lowest BCUT2D eigenvalue weighted by atomic mass is 9.83. The molecule has 2 aromatic carbocycles. The Morgan fingerprint density at radius 3 is 2.38 bits per heavy atom. The first-order valence-corrected chi connectivity index (χ1v) is 11.4. The third kappa shape index (κ3) is 3.94. The molecule has 0 spiro atoms. The normalized spacial score (nSPS) is 15.5. The number of rotatable bonds is 6. The minimum absolute atomic E-state index is 0.0685. The van der Waals surface area contributed by atoms with Crippen molar-refractivity contribution >= 4 is 0 Å². The summed E-state index contributed by atoms with van der Waals surface area (Å²) in [7, 11) is 4.49. The number of nitrogens with zero attached hydrogens (tertiary/aromatic N) is 2. The quantitative estimate of drug-likeness (QED) is 0.539. The zero-order valence-electron chi connectivity index (χ0n) is 20.8. The van der Waals surface area contributed by atoms with Gasteiger partial charge in [0.25, 0.3) is 5.56 Å². The molecular weight excluding hydrogens is 478 g/mol. The summed E-state index contributed by atoms with van der Waals surface area (Å²) in [4.78, 5) is 14.0. The van der Waals surface area contributed by atoms with Gasteiger partial charge in [0, 0.05) is 11.8 Å². The number of benzene rings is 2. The molecule has 2 aliphatic rings. The van der Waals surface area contributed by atoms with Crippen LogP contribution >= 0.6 is 0 Å². The van der Waals surface area contributed by atoms with Crippen LogP contribution in [0, 0.1) is 18.3 Å². The smallest absolute Gasteiger partial charge is 0.259 e. The molecule has 0 amide bonds. The Labute approximate surface area is 212 Å². The number of aryl methyl sites for hydroxylation is 1. The van der Waals surface area contributed by atoms with Crippen LogP contribution < -0.4 is 39.7 Å². The average molecular weight is 504 g/mol. The van der Waals surface area contributed by atoms with Gasteiger partial charge in [-0.1, -0.05) is 6.07 Å². The average Bonchev–Trinajstić information content (AvgIpc) is 3.37. The highest BCUT2D eigenvalue weighted by molar-refractivity contribution is 5.61. The van der Waals surface area contributed by atoms with Gasteiger partial charge < -0.3 is 38.7 Å². The monoisotopic (exact) mass is 503 g/mol. The molecular formula is C27H25N3O7. The van der Waals surface area contributed by atoms with E-state index in [1.807, 2.05) is 25.1 Å². The van der Waals surface area contributed by atoms with Gasteiger partial charge in [-0.3, -0.25) is 4.79 Å². The topological polar surface area (TPSA) is 127 Å². The fourth-order valence-corrected chi connectivity index (χ4v) is 4.71. The summed E-state index contributed by atoms with van der Waals surface area (Å²) < 4.78 is 34.7. The molecule has 190 valence electrons. The molecule has 37 heavy (non-hydrogen) atoms. The van der Waals surface area contributed by atoms with E-state index in [0.29, 0.717) is 45.8 Å². The number of methoxy groups -OCH3 is 3. The van der Waals surface area contributed by atoms with Gasteiger partial charge >= 0.3 is 0 Å². The Balaban J connectivity index is 1.69. The third-order valence-corrected chi connectivity index (χ3v) is 6.49. The highest BCUT2D eigenvalue weighted by Crippen LogP contribution is 2.46. The number of aromatic nitrogens is 1. The number of hydrogen-bond donors (Lipinski definition) is 1. The zero-order valence-corrected chi connectivity index (χ0v) is 20.8. The summed E-state index contributed by atoms with van der Waals surface area (Å²) in [5.41, 5.74) is 8.32. The molecule has 0 aliphatic carbocycles. The largest absolute Gasteiger partial charge is 0.493 e. The van der Waals surface area contributed by atoms with Crippen LogP contribution in [0.1, 0.15) is 28.3 Å². The fourth-order valence-electron chi connectivity index (χ4n) is 4.71. The number of nitrogens with two attached hydrogens (primary N) is 1. The van der Waals surface area contributed by atoms with Crippen molar-refractivity contribution in [2.75, 3.05) is 28.1 Å². The maximum Gasteiger partial charge on any atom is 0.259 e. The lowest BCUT2D eigenvalue weighted by molar-refractivity contribution is 0.174. The lowest BCUT2D eigenvalue weighted by Gasteiger charge is -2.28. The van der Waals surface area contributed by atoms with E-state index >= 15 is 0 Å². The van der Waals surface area contributed by atoms with Crippen molar-refractivity contribution < 1.29 is 28.4 Å². The molecule has 0 radical (unpaired) electrons. The van der Waals surface area contributed by atoms with Gasteiger partial charge in [0.05, 0.1) is 39.4 Å². The van der Waals surface area contributed by atoms with Crippen molar-refractivity contribution in [1.82, 2.24) is 4.57 Å². The number of fused-ring (bicyclic) bond motifs is 2. The number of hydrogen-bond acceptors (Lipinski definition) is 9. The molecule has 3 aromatic rings. The molecule has 0 saturated heterocycles. The van der Waals surface area contributed by atoms with Crippen LogP contribution in [0.25, 0.3) is 0 Å². The van der Waals surface area contributed by atoms with Crippen LogP contribution in [0.4, 0.5) is 0 Å². The van der Waals surface area contributed by atoms with Gasteiger partial charge in [-0.25, -0.2) is 0 Å². The minimum atomic E-state index is -0.821. The third-order valence-electron chi connectivity index (χ3n) is 6.49. The fraction of sp³-hybridized carbons (Fsp3) is 0.259. The first kappa shape index (κ1) is 23.9. The molecule has 0 saturated carbocycles. The number of pyridine rings is 1. The van der Waals surface area contributed by atoms with Crippen molar-refractivity contribution in [3.05, 3.63) is 80.6 Å². The maximum absolute atomic E-state index is 14.0. The maximum atomic E-state index is 14.0. The SMILES string of the molecule is COc1cc([C@H]2C(C#N)=C(N)Oc3cc(C)n(Cc4ccc5c(c4)OCO5)c(=O)c32)cc(OC)c1OC. The predicted octanol–water partition coefficient (Wildman–Crippen LogP) is 3.18. The van der Waals surface area contributed by atoms with E-state index in [1.54, 1.807) is 22.8 Å². The predicted molar refractivity (Wildman–Crippen MR) is 133 cm³/mol. The van der Waals surface area contributed by atoms with Gasteiger partial charge in [-0.15, -0.1) is 0 Å². The standard InChI is InChI=1S/C27H25N3O7/c1-14-7-20-24(27(31)30(14)12-15-5-6-18-19(8-15)36-13-35-18)23(17(11-28)26(29)37-20)16-9-21(32-2)25(34-4)22(10-16)33-3/h5-10,23H,12-13,29H2,1-4H3/t23-/m0/s1. The molecule has 5 rings (SSSR count).